The highest BCUT2D eigenvalue weighted by Crippen LogP contribution is 2.19. The summed E-state index contributed by atoms with van der Waals surface area (Å²) in [5.74, 6) is 0. The van der Waals surface area contributed by atoms with Crippen LogP contribution in [0.25, 0.3) is 0 Å². The Labute approximate surface area is 431 Å². The van der Waals surface area contributed by atoms with Crippen molar-refractivity contribution in [3.8, 4) is 0 Å². The van der Waals surface area contributed by atoms with Crippen molar-refractivity contribution in [1.82, 2.24) is 0 Å². The zero-order valence-electron chi connectivity index (χ0n) is 46.6. The van der Waals surface area contributed by atoms with Crippen LogP contribution in [0.3, 0.4) is 0 Å². The van der Waals surface area contributed by atoms with Gasteiger partial charge in [0.15, 0.2) is 108 Å². The minimum absolute atomic E-state index is 0.895. The third-order valence-corrected chi connectivity index (χ3v) is 48.5. The molecule has 0 spiro atoms. The molecule has 0 amide bonds. The average molecular weight is 1200 g/mol. The molecule has 66 heavy (non-hydrogen) atoms. The summed E-state index contributed by atoms with van der Waals surface area (Å²) in [6, 6.07) is 20.6. The lowest BCUT2D eigenvalue weighted by molar-refractivity contribution is 0.164. The van der Waals surface area contributed by atoms with Crippen LogP contribution in [0.2, 0.25) is 170 Å². The van der Waals surface area contributed by atoms with Gasteiger partial charge in [-0.1, -0.05) is 60.7 Å². The molecule has 2 rings (SSSR count). The summed E-state index contributed by atoms with van der Waals surface area (Å²) in [5, 5.41) is 2.25. The van der Waals surface area contributed by atoms with Crippen molar-refractivity contribution in [2.45, 2.75) is 170 Å². The van der Waals surface area contributed by atoms with Crippen molar-refractivity contribution >= 4 is 154 Å². The fourth-order valence-electron chi connectivity index (χ4n) is 6.21. The fourth-order valence-corrected chi connectivity index (χ4v) is 53.3. The van der Waals surface area contributed by atoms with E-state index in [-0.39, 0.29) is 0 Å². The summed E-state index contributed by atoms with van der Waals surface area (Å²) in [6.45, 7) is 56.4. The quantitative estimate of drug-likeness (QED) is 0.0928. The van der Waals surface area contributed by atoms with E-state index in [0.29, 0.717) is 0 Å². The summed E-state index contributed by atoms with van der Waals surface area (Å²) < 4.78 is 74.1. The Morgan fingerprint density at radius 3 is 0.561 bits per heavy atom. The van der Waals surface area contributed by atoms with Crippen molar-refractivity contribution in [1.29, 1.82) is 0 Å². The van der Waals surface area contributed by atoms with Crippen molar-refractivity contribution < 1.29 is 49.4 Å². The summed E-state index contributed by atoms with van der Waals surface area (Å²) in [7, 11) is -23.9. The highest BCUT2D eigenvalue weighted by Gasteiger charge is 2.48. The van der Waals surface area contributed by atoms with Crippen molar-refractivity contribution in [2.75, 3.05) is 0 Å². The summed E-state index contributed by atoms with van der Waals surface area (Å²) in [6.07, 6.45) is 0. The molecule has 0 aliphatic heterocycles. The average Bonchev–Trinajstić information content (AvgIpc) is 3.09. The van der Waals surface area contributed by atoms with Gasteiger partial charge in [-0.15, -0.1) is 0 Å². The fraction of sp³-hybridized carbons (Fsp3) is 0.684. The highest BCUT2D eigenvalue weighted by molar-refractivity contribution is 6.89. The molecular formula is C38H100O12Si16. The predicted molar refractivity (Wildman–Crippen MR) is 326 cm³/mol. The van der Waals surface area contributed by atoms with E-state index in [4.69, 9.17) is 49.4 Å². The Morgan fingerprint density at radius 1 is 0.242 bits per heavy atom. The normalized spacial score (nSPS) is 12.9. The molecular weight excluding hydrogens is 1100 g/mol. The van der Waals surface area contributed by atoms with E-state index in [1.54, 1.807) is 0 Å². The first-order chi connectivity index (χ1) is 30.2. The first-order valence-electron chi connectivity index (χ1n) is 24.5. The highest BCUT2D eigenvalue weighted by atomic mass is 28.5. The second-order valence-corrected chi connectivity index (χ2v) is 63.4. The van der Waals surface area contributed by atoms with Crippen LogP contribution in [0.4, 0.5) is 0 Å². The van der Waals surface area contributed by atoms with E-state index in [1.807, 2.05) is 36.4 Å². The zero-order chi connectivity index (χ0) is 51.6. The molecule has 388 valence electrons. The van der Waals surface area contributed by atoms with Gasteiger partial charge in [-0.2, -0.15) is 0 Å². The largest absolute Gasteiger partial charge is 0.636 e. The van der Waals surface area contributed by atoms with Crippen LogP contribution in [-0.2, 0) is 49.4 Å². The van der Waals surface area contributed by atoms with Gasteiger partial charge in [0.2, 0.25) is 0 Å². The van der Waals surface area contributed by atoms with Crippen LogP contribution in [0.5, 0.6) is 0 Å². The molecule has 28 heteroatoms. The number of rotatable bonds is 26. The molecule has 0 unspecified atom stereocenters. The Bertz CT molecular complexity index is 1300. The Morgan fingerprint density at radius 2 is 0.409 bits per heavy atom. The molecule has 0 radical (unpaired) electrons. The molecule has 2 aromatic rings. The van der Waals surface area contributed by atoms with Crippen LogP contribution < -0.4 is 10.4 Å². The molecule has 0 fully saturated rings. The van der Waals surface area contributed by atoms with Gasteiger partial charge >= 0.3 is 35.2 Å². The maximum atomic E-state index is 6.35. The molecule has 0 saturated carbocycles. The van der Waals surface area contributed by atoms with Gasteiger partial charge < -0.3 is 49.4 Å². The van der Waals surface area contributed by atoms with E-state index < -0.39 is 144 Å². The minimum atomic E-state index is -2.80. The second-order valence-electron chi connectivity index (χ2n) is 19.7. The van der Waals surface area contributed by atoms with Crippen molar-refractivity contribution in [3.63, 3.8) is 0 Å². The van der Waals surface area contributed by atoms with Gasteiger partial charge in [0.25, 0.3) is 0 Å². The van der Waals surface area contributed by atoms with Gasteiger partial charge in [0, 0.05) is 10.4 Å². The van der Waals surface area contributed by atoms with Crippen LogP contribution in [0.1, 0.15) is 0 Å². The number of benzene rings is 2. The van der Waals surface area contributed by atoms with Crippen LogP contribution >= 0.6 is 0 Å². The van der Waals surface area contributed by atoms with Crippen molar-refractivity contribution in [2.24, 2.45) is 0 Å². The van der Waals surface area contributed by atoms with E-state index in [0.717, 1.165) is 10.4 Å². The Balaban J connectivity index is 0. The van der Waals surface area contributed by atoms with Crippen LogP contribution in [0, 0.1) is 0 Å². The van der Waals surface area contributed by atoms with Crippen LogP contribution in [0.15, 0.2) is 60.7 Å². The Hall–Kier alpha value is 1.43. The minimum Gasteiger partial charge on any atom is -0.440 e. The molecule has 0 aliphatic carbocycles. The molecule has 0 saturated heterocycles. The third-order valence-electron chi connectivity index (χ3n) is 7.16. The van der Waals surface area contributed by atoms with Gasteiger partial charge in [-0.25, -0.2) is 0 Å². The second kappa shape index (κ2) is 35.6. The molecule has 0 atom stereocenters. The summed E-state index contributed by atoms with van der Waals surface area (Å²) in [4.78, 5) is 0. The Kier molecular flexibility index (Phi) is 37.4. The topological polar surface area (TPSA) is 111 Å². The molecule has 2 aromatic carbocycles. The maximum Gasteiger partial charge on any atom is 0.636 e. The third kappa shape index (κ3) is 34.0. The molecule has 0 aliphatic rings. The molecule has 0 N–H and O–H groups in total. The van der Waals surface area contributed by atoms with Gasteiger partial charge in [-0.3, -0.25) is 0 Å². The maximum absolute atomic E-state index is 6.35. The molecule has 0 aromatic heterocycles. The SMILES string of the molecule is C[SiH](C)O[Si](C)(C)O[SiH](C)C.C[SiH](C)O[Si](O[SiH](C)C)(O[SiH](C)C)O[SiH](C)C.C[SiH](C)O[Si](O[SiH](C)C)(O[SiH](C)C)c1ccccc1.C[SiH](C)O[Si](O[SiH](C)C)(O[SiH](C)C)c1ccccc1. The van der Waals surface area contributed by atoms with E-state index in [1.165, 1.54) is 0 Å². The van der Waals surface area contributed by atoms with Crippen molar-refractivity contribution in [3.05, 3.63) is 60.7 Å². The summed E-state index contributed by atoms with van der Waals surface area (Å²) >= 11 is 0. The lowest BCUT2D eigenvalue weighted by Gasteiger charge is -2.35. The number of hydrogen-bond acceptors (Lipinski definition) is 12. The summed E-state index contributed by atoms with van der Waals surface area (Å²) in [5.41, 5.74) is 0. The van der Waals surface area contributed by atoms with Gasteiger partial charge in [-0.05, 0) is 170 Å². The monoisotopic (exact) mass is 1200 g/mol. The smallest absolute Gasteiger partial charge is 0.440 e. The first kappa shape index (κ1) is 69.5. The molecule has 0 bridgehead atoms. The van der Waals surface area contributed by atoms with E-state index in [2.05, 4.69) is 194 Å². The zero-order valence-corrected chi connectivity index (χ0v) is 64.5. The number of hydrogen-bond donors (Lipinski definition) is 0. The lowest BCUT2D eigenvalue weighted by Crippen LogP contribution is -2.61. The molecule has 12 nitrogen and oxygen atoms in total. The predicted octanol–water partition coefficient (Wildman–Crippen LogP) is 6.78. The van der Waals surface area contributed by atoms with E-state index in [9.17, 15) is 0 Å². The van der Waals surface area contributed by atoms with E-state index >= 15 is 0 Å². The van der Waals surface area contributed by atoms with Gasteiger partial charge in [0.05, 0.1) is 0 Å². The van der Waals surface area contributed by atoms with Gasteiger partial charge in [0.1, 0.15) is 0 Å². The first-order valence-corrected chi connectivity index (χ1v) is 65.7. The standard InChI is InChI=1S/2C12H26O3Si4.C8H28O4Si5.C6H20O2Si3/c2*1-16(2)13-19(14-17(3)4,15-18(5)6)12-10-8-7-9-11-12;1-13(2)9-17(10-14(3)4,11-15(5)6)12-16(7)8;1-9(2)7-11(5,6)8-10(3)4/h2*7-11,16-18H,1-6H3;13-16H,1-8H3;9-10H,1-6H3. The van der Waals surface area contributed by atoms with Crippen LogP contribution in [-0.4, -0.2) is 144 Å². The molecule has 0 heterocycles. The lowest BCUT2D eigenvalue weighted by atomic mass is 10.4.